The Labute approximate surface area is 153 Å². The Morgan fingerprint density at radius 2 is 1.65 bits per heavy atom. The Hall–Kier alpha value is -3.19. The second-order valence-corrected chi connectivity index (χ2v) is 6.91. The highest BCUT2D eigenvalue weighted by Gasteiger charge is 2.17. The first-order valence-corrected chi connectivity index (χ1v) is 8.22. The first-order chi connectivity index (χ1) is 12.3. The summed E-state index contributed by atoms with van der Waals surface area (Å²) in [5.41, 5.74) is 2.25. The van der Waals surface area contributed by atoms with Crippen LogP contribution in [-0.4, -0.2) is 18.9 Å². The van der Waals surface area contributed by atoms with Gasteiger partial charge in [-0.3, -0.25) is 4.79 Å². The third-order valence-electron chi connectivity index (χ3n) is 4.04. The smallest absolute Gasteiger partial charge is 0.338 e. The van der Waals surface area contributed by atoms with Crippen LogP contribution in [0.25, 0.3) is 6.08 Å². The molecule has 0 saturated heterocycles. The average molecular weight is 347 g/mol. The van der Waals surface area contributed by atoms with Gasteiger partial charge in [0.15, 0.2) is 0 Å². The topological polar surface area (TPSA) is 67.2 Å². The number of Topliss-reactive ketones (excluding diaryl/α,β-unsaturated/α-hetero) is 1. The number of esters is 1. The first kappa shape index (κ1) is 19.1. The van der Waals surface area contributed by atoms with Gasteiger partial charge in [-0.1, -0.05) is 63.2 Å². The highest BCUT2D eigenvalue weighted by molar-refractivity contribution is 6.14. The fourth-order valence-electron chi connectivity index (χ4n) is 2.50. The molecule has 4 heteroatoms. The number of hydrogen-bond donors (Lipinski definition) is 0. The number of ether oxygens (including phenoxy) is 1. The second kappa shape index (κ2) is 7.79. The lowest BCUT2D eigenvalue weighted by Gasteiger charge is -2.18. The fraction of sp³-hybridized carbons (Fsp3) is 0.227. The molecule has 0 unspecified atom stereocenters. The fourth-order valence-corrected chi connectivity index (χ4v) is 2.50. The molecule has 2 rings (SSSR count). The number of carbonyl (C=O) groups excluding carboxylic acids is 2. The molecule has 2 aromatic carbocycles. The van der Waals surface area contributed by atoms with Crippen LogP contribution in [0.1, 0.15) is 52.6 Å². The summed E-state index contributed by atoms with van der Waals surface area (Å²) in [4.78, 5) is 24.5. The molecule has 0 atom stereocenters. The number of ketones is 1. The van der Waals surface area contributed by atoms with Crippen molar-refractivity contribution in [1.82, 2.24) is 0 Å². The lowest BCUT2D eigenvalue weighted by atomic mass is 9.86. The normalized spacial score (nSPS) is 11.6. The van der Waals surface area contributed by atoms with Crippen LogP contribution in [0.15, 0.2) is 54.1 Å². The molecule has 0 aromatic heterocycles. The lowest BCUT2D eigenvalue weighted by molar-refractivity contribution is 0.0600. The van der Waals surface area contributed by atoms with Gasteiger partial charge in [0.2, 0.25) is 5.78 Å². The number of methoxy groups -OCH3 is 1. The quantitative estimate of drug-likeness (QED) is 0.352. The minimum atomic E-state index is -0.517. The summed E-state index contributed by atoms with van der Waals surface area (Å²) in [5.74, 6) is -0.899. The van der Waals surface area contributed by atoms with Crippen LogP contribution in [0.3, 0.4) is 0 Å². The van der Waals surface area contributed by atoms with Crippen LogP contribution >= 0.6 is 0 Å². The van der Waals surface area contributed by atoms with Gasteiger partial charge in [-0.05, 0) is 28.7 Å². The standard InChI is InChI=1S/C22H21NO3/c1-22(2,3)18-11-9-15(10-12-18)20(24)17(14-23)13-16-7-5-6-8-19(16)21(25)26-4/h5-13H,1-4H3/b17-13+. The van der Waals surface area contributed by atoms with E-state index in [2.05, 4.69) is 20.8 Å². The lowest BCUT2D eigenvalue weighted by Crippen LogP contribution is -2.11. The minimum Gasteiger partial charge on any atom is -0.465 e. The summed E-state index contributed by atoms with van der Waals surface area (Å²) in [6.45, 7) is 6.27. The molecule has 0 aliphatic rings. The van der Waals surface area contributed by atoms with Crippen molar-refractivity contribution in [2.45, 2.75) is 26.2 Å². The molecule has 0 radical (unpaired) electrons. The van der Waals surface area contributed by atoms with Gasteiger partial charge in [0.1, 0.15) is 11.6 Å². The SMILES string of the molecule is COC(=O)c1ccccc1/C=C(\C#N)C(=O)c1ccc(C(C)(C)C)cc1. The molecule has 26 heavy (non-hydrogen) atoms. The maximum absolute atomic E-state index is 12.7. The monoisotopic (exact) mass is 347 g/mol. The maximum atomic E-state index is 12.7. The zero-order chi connectivity index (χ0) is 19.3. The number of benzene rings is 2. The molecule has 2 aromatic rings. The van der Waals surface area contributed by atoms with Crippen molar-refractivity contribution in [2.75, 3.05) is 7.11 Å². The number of nitrogens with zero attached hydrogens (tertiary/aromatic N) is 1. The van der Waals surface area contributed by atoms with Crippen molar-refractivity contribution in [1.29, 1.82) is 5.26 Å². The number of carbonyl (C=O) groups is 2. The van der Waals surface area contributed by atoms with Crippen molar-refractivity contribution < 1.29 is 14.3 Å². The molecule has 0 fully saturated rings. The van der Waals surface area contributed by atoms with Crippen LogP contribution < -0.4 is 0 Å². The Bertz CT molecular complexity index is 894. The van der Waals surface area contributed by atoms with E-state index >= 15 is 0 Å². The molecule has 0 saturated carbocycles. The number of rotatable bonds is 4. The van der Waals surface area contributed by atoms with Gasteiger partial charge >= 0.3 is 5.97 Å². The molecule has 4 nitrogen and oxygen atoms in total. The minimum absolute atomic E-state index is 0.0189. The van der Waals surface area contributed by atoms with Crippen molar-refractivity contribution in [3.63, 3.8) is 0 Å². The summed E-state index contributed by atoms with van der Waals surface area (Å²) < 4.78 is 4.75. The van der Waals surface area contributed by atoms with Gasteiger partial charge in [0.05, 0.1) is 12.7 Å². The van der Waals surface area contributed by atoms with Crippen LogP contribution in [-0.2, 0) is 10.2 Å². The molecule has 0 aliphatic heterocycles. The van der Waals surface area contributed by atoms with Crippen LogP contribution in [0.2, 0.25) is 0 Å². The third kappa shape index (κ3) is 4.25. The highest BCUT2D eigenvalue weighted by Crippen LogP contribution is 2.23. The van der Waals surface area contributed by atoms with E-state index in [9.17, 15) is 14.9 Å². The van der Waals surface area contributed by atoms with Crippen LogP contribution in [0.4, 0.5) is 0 Å². The van der Waals surface area contributed by atoms with Crippen LogP contribution in [0.5, 0.6) is 0 Å². The number of allylic oxidation sites excluding steroid dienone is 1. The van der Waals surface area contributed by atoms with Gasteiger partial charge in [-0.25, -0.2) is 4.79 Å². The maximum Gasteiger partial charge on any atom is 0.338 e. The number of hydrogen-bond acceptors (Lipinski definition) is 4. The van der Waals surface area contributed by atoms with E-state index in [0.717, 1.165) is 5.56 Å². The highest BCUT2D eigenvalue weighted by atomic mass is 16.5. The van der Waals surface area contributed by atoms with Gasteiger partial charge in [-0.15, -0.1) is 0 Å². The van der Waals surface area contributed by atoms with E-state index in [1.807, 2.05) is 18.2 Å². The second-order valence-electron chi connectivity index (χ2n) is 6.91. The van der Waals surface area contributed by atoms with Gasteiger partial charge in [0.25, 0.3) is 0 Å². The Morgan fingerprint density at radius 1 is 1.04 bits per heavy atom. The molecule has 0 N–H and O–H groups in total. The molecule has 0 spiro atoms. The summed E-state index contributed by atoms with van der Waals surface area (Å²) in [7, 11) is 1.29. The van der Waals surface area contributed by atoms with E-state index < -0.39 is 5.97 Å². The molecule has 0 bridgehead atoms. The third-order valence-corrected chi connectivity index (χ3v) is 4.04. The predicted molar refractivity (Wildman–Crippen MR) is 101 cm³/mol. The van der Waals surface area contributed by atoms with E-state index in [0.29, 0.717) is 16.7 Å². The Balaban J connectivity index is 2.40. The molecular formula is C22H21NO3. The van der Waals surface area contributed by atoms with Crippen molar-refractivity contribution in [2.24, 2.45) is 0 Å². The molecule has 0 aliphatic carbocycles. The largest absolute Gasteiger partial charge is 0.465 e. The summed E-state index contributed by atoms with van der Waals surface area (Å²) in [6, 6.07) is 15.9. The summed E-state index contributed by atoms with van der Waals surface area (Å²) in [6.07, 6.45) is 1.42. The predicted octanol–water partition coefficient (Wildman–Crippen LogP) is 4.56. The average Bonchev–Trinajstić information content (AvgIpc) is 2.64. The van der Waals surface area contributed by atoms with E-state index in [-0.39, 0.29) is 16.8 Å². The zero-order valence-electron chi connectivity index (χ0n) is 15.4. The zero-order valence-corrected chi connectivity index (χ0v) is 15.4. The molecular weight excluding hydrogens is 326 g/mol. The Kier molecular flexibility index (Phi) is 5.74. The Morgan fingerprint density at radius 3 is 2.19 bits per heavy atom. The van der Waals surface area contributed by atoms with E-state index in [1.165, 1.54) is 13.2 Å². The van der Waals surface area contributed by atoms with Crippen molar-refractivity contribution in [3.05, 3.63) is 76.4 Å². The van der Waals surface area contributed by atoms with Gasteiger partial charge in [0, 0.05) is 5.56 Å². The van der Waals surface area contributed by atoms with E-state index in [1.54, 1.807) is 36.4 Å². The van der Waals surface area contributed by atoms with E-state index in [4.69, 9.17) is 4.74 Å². The molecule has 132 valence electrons. The van der Waals surface area contributed by atoms with Crippen LogP contribution in [0, 0.1) is 11.3 Å². The summed E-state index contributed by atoms with van der Waals surface area (Å²) >= 11 is 0. The molecule has 0 heterocycles. The van der Waals surface area contributed by atoms with Gasteiger partial charge < -0.3 is 4.74 Å². The summed E-state index contributed by atoms with van der Waals surface area (Å²) in [5, 5.41) is 9.43. The first-order valence-electron chi connectivity index (χ1n) is 8.22. The van der Waals surface area contributed by atoms with Crippen molar-refractivity contribution in [3.8, 4) is 6.07 Å². The number of nitriles is 1. The molecule has 0 amide bonds. The van der Waals surface area contributed by atoms with Gasteiger partial charge in [-0.2, -0.15) is 5.26 Å². The van der Waals surface area contributed by atoms with Crippen molar-refractivity contribution >= 4 is 17.8 Å².